The van der Waals surface area contributed by atoms with Crippen LogP contribution in [-0.4, -0.2) is 15.0 Å². The van der Waals surface area contributed by atoms with Gasteiger partial charge in [0.25, 0.3) is 10.0 Å². The number of aryl methyl sites for hydroxylation is 2. The Balaban J connectivity index is 2.44. The highest BCUT2D eigenvalue weighted by Gasteiger charge is 2.21. The molecule has 1 N–H and O–H groups in total. The summed E-state index contributed by atoms with van der Waals surface area (Å²) in [7, 11) is -3.73. The fourth-order valence-electron chi connectivity index (χ4n) is 2.09. The van der Waals surface area contributed by atoms with Crippen molar-refractivity contribution in [2.24, 2.45) is 0 Å². The monoisotopic (exact) mass is 383 g/mol. The van der Waals surface area contributed by atoms with Crippen LogP contribution in [0.5, 0.6) is 5.75 Å². The van der Waals surface area contributed by atoms with Gasteiger partial charge in [0, 0.05) is 4.47 Å². The highest BCUT2D eigenvalue weighted by molar-refractivity contribution is 9.10. The van der Waals surface area contributed by atoms with Gasteiger partial charge < -0.3 is 4.74 Å². The molecule has 0 aliphatic heterocycles. The number of hydrogen-bond donors (Lipinski definition) is 1. The van der Waals surface area contributed by atoms with E-state index < -0.39 is 10.0 Å². The van der Waals surface area contributed by atoms with E-state index in [1.165, 1.54) is 6.07 Å². The Bertz CT molecular complexity index is 788. The first-order chi connectivity index (χ1) is 10.3. The smallest absolute Gasteiger partial charge is 0.265 e. The molecule has 0 aliphatic rings. The Morgan fingerprint density at radius 1 is 1.14 bits per heavy atom. The molecular formula is C16H18BrNO3S. The van der Waals surface area contributed by atoms with Crippen LogP contribution in [0.1, 0.15) is 18.1 Å². The summed E-state index contributed by atoms with van der Waals surface area (Å²) in [6.45, 7) is 6.05. The van der Waals surface area contributed by atoms with Crippen LogP contribution in [0.3, 0.4) is 0 Å². The van der Waals surface area contributed by atoms with Gasteiger partial charge in [-0.15, -0.1) is 0 Å². The van der Waals surface area contributed by atoms with Crippen LogP contribution < -0.4 is 9.46 Å². The molecule has 0 spiro atoms. The largest absolute Gasteiger partial charge is 0.492 e. The number of benzene rings is 2. The minimum atomic E-state index is -3.73. The summed E-state index contributed by atoms with van der Waals surface area (Å²) < 4.78 is 34.1. The summed E-state index contributed by atoms with van der Waals surface area (Å²) >= 11 is 3.30. The van der Waals surface area contributed by atoms with Crippen LogP contribution in [0.25, 0.3) is 0 Å². The zero-order chi connectivity index (χ0) is 16.3. The normalized spacial score (nSPS) is 11.3. The molecule has 118 valence electrons. The molecule has 0 radical (unpaired) electrons. The number of halogens is 1. The van der Waals surface area contributed by atoms with E-state index >= 15 is 0 Å². The molecule has 0 bridgehead atoms. The molecular weight excluding hydrogens is 366 g/mol. The average molecular weight is 384 g/mol. The first kappa shape index (κ1) is 16.8. The van der Waals surface area contributed by atoms with Gasteiger partial charge in [-0.1, -0.05) is 33.6 Å². The van der Waals surface area contributed by atoms with Crippen molar-refractivity contribution in [3.05, 3.63) is 52.0 Å². The van der Waals surface area contributed by atoms with Crippen molar-refractivity contribution < 1.29 is 13.2 Å². The Labute approximate surface area is 139 Å². The van der Waals surface area contributed by atoms with E-state index in [1.54, 1.807) is 18.2 Å². The summed E-state index contributed by atoms with van der Waals surface area (Å²) in [5, 5.41) is 0. The van der Waals surface area contributed by atoms with Gasteiger partial charge in [-0.3, -0.25) is 4.72 Å². The number of rotatable bonds is 5. The van der Waals surface area contributed by atoms with Crippen molar-refractivity contribution in [2.45, 2.75) is 25.7 Å². The minimum Gasteiger partial charge on any atom is -0.492 e. The Morgan fingerprint density at radius 2 is 1.86 bits per heavy atom. The van der Waals surface area contributed by atoms with Crippen molar-refractivity contribution in [2.75, 3.05) is 11.3 Å². The van der Waals surface area contributed by atoms with Crippen LogP contribution in [0, 0.1) is 13.8 Å². The second kappa shape index (κ2) is 6.71. The van der Waals surface area contributed by atoms with Crippen molar-refractivity contribution in [3.8, 4) is 5.75 Å². The fourth-order valence-corrected chi connectivity index (χ4v) is 3.91. The Morgan fingerprint density at radius 3 is 2.50 bits per heavy atom. The fraction of sp³-hybridized carbons (Fsp3) is 0.250. The minimum absolute atomic E-state index is 0.115. The standard InChI is InChI=1S/C16H18BrNO3S/c1-4-21-15-8-6-13(17)10-16(15)22(19,20)18-14-7-5-11(2)9-12(14)3/h5-10,18H,4H2,1-3H3. The third-order valence-corrected chi connectivity index (χ3v) is 5.00. The van der Waals surface area contributed by atoms with Crippen molar-refractivity contribution in [3.63, 3.8) is 0 Å². The number of ether oxygens (including phenoxy) is 1. The lowest BCUT2D eigenvalue weighted by Gasteiger charge is -2.14. The summed E-state index contributed by atoms with van der Waals surface area (Å²) in [6, 6.07) is 10.5. The lowest BCUT2D eigenvalue weighted by Crippen LogP contribution is -2.15. The molecule has 0 fully saturated rings. The summed E-state index contributed by atoms with van der Waals surface area (Å²) in [4.78, 5) is 0.115. The van der Waals surface area contributed by atoms with Crippen LogP contribution in [-0.2, 0) is 10.0 Å². The zero-order valence-corrected chi connectivity index (χ0v) is 15.1. The zero-order valence-electron chi connectivity index (χ0n) is 12.7. The van der Waals surface area contributed by atoms with Gasteiger partial charge in [0.1, 0.15) is 10.6 Å². The molecule has 0 unspecified atom stereocenters. The van der Waals surface area contributed by atoms with E-state index in [2.05, 4.69) is 20.7 Å². The van der Waals surface area contributed by atoms with Gasteiger partial charge in [-0.05, 0) is 50.6 Å². The third-order valence-electron chi connectivity index (χ3n) is 3.12. The Hall–Kier alpha value is -1.53. The molecule has 0 saturated carbocycles. The molecule has 2 rings (SSSR count). The van der Waals surface area contributed by atoms with Gasteiger partial charge >= 0.3 is 0 Å². The second-order valence-electron chi connectivity index (χ2n) is 4.95. The van der Waals surface area contributed by atoms with Crippen LogP contribution in [0.2, 0.25) is 0 Å². The van der Waals surface area contributed by atoms with Gasteiger partial charge in [0.15, 0.2) is 0 Å². The van der Waals surface area contributed by atoms with E-state index in [4.69, 9.17) is 4.74 Å². The highest BCUT2D eigenvalue weighted by atomic mass is 79.9. The molecule has 2 aromatic rings. The molecule has 22 heavy (non-hydrogen) atoms. The maximum atomic E-state index is 12.7. The quantitative estimate of drug-likeness (QED) is 0.838. The molecule has 0 atom stereocenters. The second-order valence-corrected chi connectivity index (χ2v) is 7.51. The topological polar surface area (TPSA) is 55.4 Å². The van der Waals surface area contributed by atoms with E-state index in [-0.39, 0.29) is 4.90 Å². The molecule has 0 amide bonds. The molecule has 0 heterocycles. The van der Waals surface area contributed by atoms with Gasteiger partial charge in [-0.25, -0.2) is 8.42 Å². The van der Waals surface area contributed by atoms with Crippen LogP contribution in [0.15, 0.2) is 45.8 Å². The predicted molar refractivity (Wildman–Crippen MR) is 92.0 cm³/mol. The maximum Gasteiger partial charge on any atom is 0.265 e. The van der Waals surface area contributed by atoms with Crippen molar-refractivity contribution in [1.82, 2.24) is 0 Å². The van der Waals surface area contributed by atoms with E-state index in [0.29, 0.717) is 22.5 Å². The Kier molecular flexibility index (Phi) is 5.13. The number of hydrogen-bond acceptors (Lipinski definition) is 3. The molecule has 6 heteroatoms. The van der Waals surface area contributed by atoms with Crippen molar-refractivity contribution >= 4 is 31.6 Å². The number of sulfonamides is 1. The third kappa shape index (κ3) is 3.81. The molecule has 0 aromatic heterocycles. The summed E-state index contributed by atoms with van der Waals surface area (Å²) in [6.07, 6.45) is 0. The van der Waals surface area contributed by atoms with Gasteiger partial charge in [-0.2, -0.15) is 0 Å². The van der Waals surface area contributed by atoms with Crippen LogP contribution in [0.4, 0.5) is 5.69 Å². The van der Waals surface area contributed by atoms with E-state index in [1.807, 2.05) is 32.9 Å². The number of anilines is 1. The molecule has 0 aliphatic carbocycles. The lowest BCUT2D eigenvalue weighted by molar-refractivity contribution is 0.331. The van der Waals surface area contributed by atoms with Gasteiger partial charge in [0.05, 0.1) is 12.3 Å². The predicted octanol–water partition coefficient (Wildman–Crippen LogP) is 4.27. The summed E-state index contributed by atoms with van der Waals surface area (Å²) in [5.74, 6) is 0.336. The number of nitrogens with one attached hydrogen (secondary N) is 1. The van der Waals surface area contributed by atoms with Gasteiger partial charge in [0.2, 0.25) is 0 Å². The SMILES string of the molecule is CCOc1ccc(Br)cc1S(=O)(=O)Nc1ccc(C)cc1C. The van der Waals surface area contributed by atoms with E-state index in [0.717, 1.165) is 11.1 Å². The van der Waals surface area contributed by atoms with Crippen LogP contribution >= 0.6 is 15.9 Å². The molecule has 0 saturated heterocycles. The first-order valence-electron chi connectivity index (χ1n) is 6.86. The summed E-state index contributed by atoms with van der Waals surface area (Å²) in [5.41, 5.74) is 2.52. The molecule has 4 nitrogen and oxygen atoms in total. The first-order valence-corrected chi connectivity index (χ1v) is 9.13. The van der Waals surface area contributed by atoms with Crippen molar-refractivity contribution in [1.29, 1.82) is 0 Å². The average Bonchev–Trinajstić information content (AvgIpc) is 2.44. The van der Waals surface area contributed by atoms with E-state index in [9.17, 15) is 8.42 Å². The maximum absolute atomic E-state index is 12.7. The molecule has 2 aromatic carbocycles. The lowest BCUT2D eigenvalue weighted by atomic mass is 10.1. The highest BCUT2D eigenvalue weighted by Crippen LogP contribution is 2.30.